The second kappa shape index (κ2) is 4.83. The highest BCUT2D eigenvalue weighted by Gasteiger charge is 2.19. The maximum Gasteiger partial charge on any atom is 0.123 e. The SMILES string of the molecule is Cn1nccc1C(NN)c1cc(F)ccc1Cl. The molecule has 1 atom stereocenters. The fourth-order valence-electron chi connectivity index (χ4n) is 1.74. The number of hydrogen-bond donors (Lipinski definition) is 2. The number of benzene rings is 1. The average Bonchev–Trinajstić information content (AvgIpc) is 2.71. The van der Waals surface area contributed by atoms with Gasteiger partial charge in [0.15, 0.2) is 0 Å². The molecule has 1 heterocycles. The van der Waals surface area contributed by atoms with E-state index < -0.39 is 6.04 Å². The first-order valence-electron chi connectivity index (χ1n) is 5.02. The zero-order valence-electron chi connectivity index (χ0n) is 9.19. The second-order valence-electron chi connectivity index (χ2n) is 3.65. The third kappa shape index (κ3) is 2.31. The Morgan fingerprint density at radius 1 is 1.47 bits per heavy atom. The monoisotopic (exact) mass is 254 g/mol. The minimum atomic E-state index is -0.398. The normalized spacial score (nSPS) is 12.7. The lowest BCUT2D eigenvalue weighted by Crippen LogP contribution is -2.30. The number of rotatable bonds is 3. The molecule has 0 aliphatic heterocycles. The molecule has 0 saturated heterocycles. The maximum absolute atomic E-state index is 13.2. The molecule has 2 rings (SSSR count). The lowest BCUT2D eigenvalue weighted by molar-refractivity contribution is 0.567. The van der Waals surface area contributed by atoms with Crippen LogP contribution < -0.4 is 11.3 Å². The van der Waals surface area contributed by atoms with Gasteiger partial charge in [-0.15, -0.1) is 0 Å². The summed E-state index contributed by atoms with van der Waals surface area (Å²) in [6.07, 6.45) is 1.65. The summed E-state index contributed by atoms with van der Waals surface area (Å²) in [6, 6.07) is 5.58. The smallest absolute Gasteiger partial charge is 0.123 e. The highest BCUT2D eigenvalue weighted by atomic mass is 35.5. The average molecular weight is 255 g/mol. The molecule has 0 saturated carbocycles. The van der Waals surface area contributed by atoms with Crippen molar-refractivity contribution in [2.45, 2.75) is 6.04 Å². The number of nitrogens with two attached hydrogens (primary N) is 1. The molecule has 4 nitrogen and oxygen atoms in total. The molecule has 1 aromatic carbocycles. The molecule has 1 aromatic heterocycles. The van der Waals surface area contributed by atoms with E-state index >= 15 is 0 Å². The Bertz CT molecular complexity index is 526. The Balaban J connectivity index is 2.49. The van der Waals surface area contributed by atoms with Gasteiger partial charge < -0.3 is 0 Å². The largest absolute Gasteiger partial charge is 0.271 e. The Hall–Kier alpha value is -1.43. The number of nitrogens with one attached hydrogen (secondary N) is 1. The molecular formula is C11H12ClFN4. The fraction of sp³-hybridized carbons (Fsp3) is 0.182. The van der Waals surface area contributed by atoms with Crippen molar-refractivity contribution in [1.29, 1.82) is 0 Å². The van der Waals surface area contributed by atoms with Crippen LogP contribution in [0.3, 0.4) is 0 Å². The van der Waals surface area contributed by atoms with Crippen LogP contribution in [0.5, 0.6) is 0 Å². The minimum Gasteiger partial charge on any atom is -0.271 e. The summed E-state index contributed by atoms with van der Waals surface area (Å²) < 4.78 is 14.9. The van der Waals surface area contributed by atoms with Crippen LogP contribution in [0.2, 0.25) is 5.02 Å². The summed E-state index contributed by atoms with van der Waals surface area (Å²) >= 11 is 6.05. The number of aryl methyl sites for hydroxylation is 1. The number of halogens is 2. The van der Waals surface area contributed by atoms with Crippen LogP contribution in [0.25, 0.3) is 0 Å². The molecule has 0 bridgehead atoms. The molecule has 0 amide bonds. The molecule has 0 radical (unpaired) electrons. The molecular weight excluding hydrogens is 243 g/mol. The van der Waals surface area contributed by atoms with Crippen LogP contribution in [0, 0.1) is 5.82 Å². The van der Waals surface area contributed by atoms with Gasteiger partial charge in [0.25, 0.3) is 0 Å². The van der Waals surface area contributed by atoms with Crippen molar-refractivity contribution in [3.05, 3.63) is 52.6 Å². The number of hydrogen-bond acceptors (Lipinski definition) is 3. The van der Waals surface area contributed by atoms with E-state index in [1.54, 1.807) is 24.0 Å². The van der Waals surface area contributed by atoms with Crippen molar-refractivity contribution in [3.63, 3.8) is 0 Å². The summed E-state index contributed by atoms with van der Waals surface area (Å²) in [5.41, 5.74) is 4.00. The standard InChI is InChI=1S/C11H12ClFN4/c1-17-10(4-5-15-17)11(16-14)8-6-7(13)2-3-9(8)12/h2-6,11,16H,14H2,1H3. The van der Waals surface area contributed by atoms with Gasteiger partial charge in [-0.25, -0.2) is 9.82 Å². The van der Waals surface area contributed by atoms with E-state index in [4.69, 9.17) is 17.4 Å². The number of hydrazine groups is 1. The third-order valence-electron chi connectivity index (χ3n) is 2.59. The molecule has 90 valence electrons. The van der Waals surface area contributed by atoms with E-state index in [1.165, 1.54) is 18.2 Å². The van der Waals surface area contributed by atoms with E-state index in [0.717, 1.165) is 5.69 Å². The topological polar surface area (TPSA) is 55.9 Å². The van der Waals surface area contributed by atoms with Gasteiger partial charge in [0.1, 0.15) is 5.82 Å². The number of nitrogens with zero attached hydrogens (tertiary/aromatic N) is 2. The zero-order chi connectivity index (χ0) is 12.4. The lowest BCUT2D eigenvalue weighted by atomic mass is 10.0. The van der Waals surface area contributed by atoms with Crippen molar-refractivity contribution < 1.29 is 4.39 Å². The predicted octanol–water partition coefficient (Wildman–Crippen LogP) is 1.77. The van der Waals surface area contributed by atoms with Gasteiger partial charge in [-0.05, 0) is 29.8 Å². The highest BCUT2D eigenvalue weighted by Crippen LogP contribution is 2.28. The van der Waals surface area contributed by atoms with Gasteiger partial charge in [-0.2, -0.15) is 5.10 Å². The molecule has 0 fully saturated rings. The molecule has 2 aromatic rings. The molecule has 0 spiro atoms. The third-order valence-corrected chi connectivity index (χ3v) is 2.93. The summed E-state index contributed by atoms with van der Waals surface area (Å²) in [5, 5.41) is 4.50. The fourth-order valence-corrected chi connectivity index (χ4v) is 1.96. The van der Waals surface area contributed by atoms with Gasteiger partial charge in [-0.1, -0.05) is 11.6 Å². The quantitative estimate of drug-likeness (QED) is 0.648. The van der Waals surface area contributed by atoms with Crippen LogP contribution in [-0.2, 0) is 7.05 Å². The summed E-state index contributed by atoms with van der Waals surface area (Å²) in [5.74, 6) is 5.16. The Labute approximate surface area is 103 Å². The Morgan fingerprint density at radius 2 is 2.24 bits per heavy atom. The van der Waals surface area contributed by atoms with E-state index in [9.17, 15) is 4.39 Å². The summed E-state index contributed by atoms with van der Waals surface area (Å²) in [6.45, 7) is 0. The van der Waals surface area contributed by atoms with Gasteiger partial charge in [-0.3, -0.25) is 10.5 Å². The second-order valence-corrected chi connectivity index (χ2v) is 4.05. The molecule has 0 aliphatic rings. The predicted molar refractivity (Wildman–Crippen MR) is 63.8 cm³/mol. The molecule has 0 aliphatic carbocycles. The first-order chi connectivity index (χ1) is 8.13. The molecule has 3 N–H and O–H groups in total. The minimum absolute atomic E-state index is 0.355. The van der Waals surface area contributed by atoms with E-state index in [0.29, 0.717) is 10.6 Å². The molecule has 1 unspecified atom stereocenters. The van der Waals surface area contributed by atoms with Crippen molar-refractivity contribution in [1.82, 2.24) is 15.2 Å². The van der Waals surface area contributed by atoms with E-state index in [1.807, 2.05) is 0 Å². The van der Waals surface area contributed by atoms with Gasteiger partial charge in [0.05, 0.1) is 11.7 Å². The number of aromatic nitrogens is 2. The van der Waals surface area contributed by atoms with Crippen LogP contribution >= 0.6 is 11.6 Å². The van der Waals surface area contributed by atoms with Gasteiger partial charge in [0, 0.05) is 18.3 Å². The Kier molecular flexibility index (Phi) is 3.42. The zero-order valence-corrected chi connectivity index (χ0v) is 9.95. The maximum atomic E-state index is 13.2. The summed E-state index contributed by atoms with van der Waals surface area (Å²) in [4.78, 5) is 0. The van der Waals surface area contributed by atoms with E-state index in [-0.39, 0.29) is 5.82 Å². The molecule has 6 heteroatoms. The van der Waals surface area contributed by atoms with Gasteiger partial charge in [0.2, 0.25) is 0 Å². The highest BCUT2D eigenvalue weighted by molar-refractivity contribution is 6.31. The van der Waals surface area contributed by atoms with Crippen LogP contribution in [0.15, 0.2) is 30.5 Å². The van der Waals surface area contributed by atoms with Crippen LogP contribution in [0.1, 0.15) is 17.3 Å². The van der Waals surface area contributed by atoms with Crippen LogP contribution in [0.4, 0.5) is 4.39 Å². The summed E-state index contributed by atoms with van der Waals surface area (Å²) in [7, 11) is 1.78. The van der Waals surface area contributed by atoms with Crippen molar-refractivity contribution in [3.8, 4) is 0 Å². The van der Waals surface area contributed by atoms with E-state index in [2.05, 4.69) is 10.5 Å². The van der Waals surface area contributed by atoms with Crippen molar-refractivity contribution in [2.75, 3.05) is 0 Å². The first-order valence-corrected chi connectivity index (χ1v) is 5.40. The van der Waals surface area contributed by atoms with Crippen LogP contribution in [-0.4, -0.2) is 9.78 Å². The first kappa shape index (κ1) is 12.0. The lowest BCUT2D eigenvalue weighted by Gasteiger charge is -2.18. The van der Waals surface area contributed by atoms with Crippen molar-refractivity contribution in [2.24, 2.45) is 12.9 Å². The van der Waals surface area contributed by atoms with Gasteiger partial charge >= 0.3 is 0 Å². The Morgan fingerprint density at radius 3 is 2.82 bits per heavy atom. The molecule has 17 heavy (non-hydrogen) atoms. The van der Waals surface area contributed by atoms with Crippen molar-refractivity contribution >= 4 is 11.6 Å².